The lowest BCUT2D eigenvalue weighted by molar-refractivity contribution is -0.188. The number of carbonyl (C=O) groups excluding carboxylic acids is 3. The quantitative estimate of drug-likeness (QED) is 0.606. The number of amides is 4. The number of nitrogens with one attached hydrogen (secondary N) is 1. The summed E-state index contributed by atoms with van der Waals surface area (Å²) in [5, 5.41) is 6.20. The zero-order valence-corrected chi connectivity index (χ0v) is 20.2. The maximum atomic E-state index is 13.8. The Morgan fingerprint density at radius 3 is 2.08 bits per heavy atom. The van der Waals surface area contributed by atoms with E-state index in [4.69, 9.17) is 0 Å². The Labute approximate surface area is 210 Å². The second-order valence-corrected chi connectivity index (χ2v) is 9.10. The van der Waals surface area contributed by atoms with E-state index in [1.165, 1.54) is 0 Å². The first-order valence-corrected chi connectivity index (χ1v) is 12.0. The number of hydrogen-bond acceptors (Lipinski definition) is 4. The molecule has 0 spiro atoms. The molecule has 3 aromatic rings. The molecule has 2 aliphatic rings. The Morgan fingerprint density at radius 2 is 1.44 bits per heavy atom. The van der Waals surface area contributed by atoms with Gasteiger partial charge in [-0.1, -0.05) is 91.0 Å². The van der Waals surface area contributed by atoms with Crippen molar-refractivity contribution in [2.45, 2.75) is 25.3 Å². The number of nitrogens with zero attached hydrogens (tertiary/aromatic N) is 4. The van der Waals surface area contributed by atoms with Crippen LogP contribution in [0, 0.1) is 0 Å². The zero-order valence-electron chi connectivity index (χ0n) is 20.2. The lowest BCUT2D eigenvalue weighted by Gasteiger charge is -2.54. The SMILES string of the molecule is CN1CC(=O)N2[C@@H](c3ccccc3)C(=O)N(Cc3ccccc3)C[C@@H]2N1C(=O)NCc1ccccc1. The van der Waals surface area contributed by atoms with Gasteiger partial charge < -0.3 is 15.1 Å². The Hall–Kier alpha value is -4.17. The minimum absolute atomic E-state index is 0.00452. The number of likely N-dealkylation sites (N-methyl/N-ethyl adjacent to an activating group) is 1. The Balaban J connectivity index is 1.48. The number of hydrazine groups is 1. The molecule has 3 aromatic carbocycles. The summed E-state index contributed by atoms with van der Waals surface area (Å²) in [4.78, 5) is 43.9. The van der Waals surface area contributed by atoms with Crippen molar-refractivity contribution in [3.63, 3.8) is 0 Å². The number of fused-ring (bicyclic) bond motifs is 1. The van der Waals surface area contributed by atoms with Crippen molar-refractivity contribution in [2.75, 3.05) is 20.1 Å². The van der Waals surface area contributed by atoms with E-state index in [-0.39, 0.29) is 30.9 Å². The summed E-state index contributed by atoms with van der Waals surface area (Å²) in [6, 6.07) is 27.6. The van der Waals surface area contributed by atoms with Crippen molar-refractivity contribution < 1.29 is 14.4 Å². The lowest BCUT2D eigenvalue weighted by Crippen LogP contribution is -2.73. The van der Waals surface area contributed by atoms with Crippen LogP contribution in [0.4, 0.5) is 4.79 Å². The van der Waals surface area contributed by atoms with Gasteiger partial charge in [-0.25, -0.2) is 14.8 Å². The molecular weight excluding hydrogens is 454 g/mol. The third kappa shape index (κ3) is 4.67. The molecule has 2 saturated heterocycles. The standard InChI is InChI=1S/C28H29N5O3/c1-30-20-25(34)32-24(33(30)28(36)29-17-21-11-5-2-6-12-21)19-31(18-22-13-7-3-8-14-22)27(35)26(32)23-15-9-4-10-16-23/h2-16,24,26H,17-20H2,1H3,(H,29,36)/t24-,26-/m0/s1. The Morgan fingerprint density at radius 1 is 0.861 bits per heavy atom. The predicted octanol–water partition coefficient (Wildman–Crippen LogP) is 3.00. The van der Waals surface area contributed by atoms with Gasteiger partial charge in [0.15, 0.2) is 0 Å². The number of benzene rings is 3. The molecule has 5 rings (SSSR count). The number of urea groups is 1. The van der Waals surface area contributed by atoms with Gasteiger partial charge in [-0.3, -0.25) is 9.59 Å². The molecule has 0 saturated carbocycles. The topological polar surface area (TPSA) is 76.2 Å². The van der Waals surface area contributed by atoms with Crippen molar-refractivity contribution in [2.24, 2.45) is 0 Å². The normalized spacial score (nSPS) is 20.3. The van der Waals surface area contributed by atoms with Crippen LogP contribution in [0.15, 0.2) is 91.0 Å². The summed E-state index contributed by atoms with van der Waals surface area (Å²) in [7, 11) is 1.73. The molecule has 2 heterocycles. The van der Waals surface area contributed by atoms with Gasteiger partial charge in [0, 0.05) is 20.1 Å². The first-order valence-electron chi connectivity index (χ1n) is 12.0. The van der Waals surface area contributed by atoms with E-state index < -0.39 is 12.2 Å². The first kappa shape index (κ1) is 23.6. The van der Waals surface area contributed by atoms with Crippen LogP contribution in [-0.4, -0.2) is 64.0 Å². The van der Waals surface area contributed by atoms with Crippen LogP contribution in [0.3, 0.4) is 0 Å². The molecule has 184 valence electrons. The van der Waals surface area contributed by atoms with Crippen LogP contribution < -0.4 is 5.32 Å². The molecule has 2 aliphatic heterocycles. The van der Waals surface area contributed by atoms with Crippen molar-refractivity contribution in [1.29, 1.82) is 0 Å². The molecule has 8 heteroatoms. The van der Waals surface area contributed by atoms with Crippen LogP contribution in [0.25, 0.3) is 0 Å². The van der Waals surface area contributed by atoms with E-state index in [1.54, 1.807) is 26.9 Å². The second-order valence-electron chi connectivity index (χ2n) is 9.10. The molecule has 2 fully saturated rings. The van der Waals surface area contributed by atoms with Crippen molar-refractivity contribution >= 4 is 17.8 Å². The van der Waals surface area contributed by atoms with Gasteiger partial charge in [-0.15, -0.1) is 0 Å². The average Bonchev–Trinajstić information content (AvgIpc) is 2.90. The lowest BCUT2D eigenvalue weighted by atomic mass is 9.98. The molecule has 0 bridgehead atoms. The third-order valence-electron chi connectivity index (χ3n) is 6.66. The van der Waals surface area contributed by atoms with Gasteiger partial charge in [-0.05, 0) is 16.7 Å². The van der Waals surface area contributed by atoms with E-state index >= 15 is 0 Å². The molecule has 0 aliphatic carbocycles. The fourth-order valence-corrected chi connectivity index (χ4v) is 4.96. The summed E-state index contributed by atoms with van der Waals surface area (Å²) in [6.07, 6.45) is -0.640. The molecule has 1 N–H and O–H groups in total. The van der Waals surface area contributed by atoms with Crippen LogP contribution in [0.2, 0.25) is 0 Å². The first-order chi connectivity index (χ1) is 17.5. The molecule has 0 aromatic heterocycles. The Kier molecular flexibility index (Phi) is 6.69. The average molecular weight is 484 g/mol. The zero-order chi connectivity index (χ0) is 25.1. The van der Waals surface area contributed by atoms with Crippen LogP contribution in [0.5, 0.6) is 0 Å². The van der Waals surface area contributed by atoms with Crippen LogP contribution >= 0.6 is 0 Å². The van der Waals surface area contributed by atoms with Gasteiger partial charge >= 0.3 is 6.03 Å². The number of rotatable bonds is 5. The maximum Gasteiger partial charge on any atom is 0.334 e. The summed E-state index contributed by atoms with van der Waals surface area (Å²) < 4.78 is 0. The van der Waals surface area contributed by atoms with Gasteiger partial charge in [-0.2, -0.15) is 0 Å². The van der Waals surface area contributed by atoms with E-state index in [0.29, 0.717) is 13.1 Å². The molecule has 36 heavy (non-hydrogen) atoms. The highest BCUT2D eigenvalue weighted by atomic mass is 16.2. The number of piperazine rings is 1. The van der Waals surface area contributed by atoms with Crippen molar-refractivity contribution in [3.8, 4) is 0 Å². The van der Waals surface area contributed by atoms with E-state index in [1.807, 2.05) is 91.0 Å². The summed E-state index contributed by atoms with van der Waals surface area (Å²) in [5.41, 5.74) is 2.69. The van der Waals surface area contributed by atoms with Crippen molar-refractivity contribution in [1.82, 2.24) is 25.1 Å². The largest absolute Gasteiger partial charge is 0.334 e. The number of hydrogen-bond donors (Lipinski definition) is 1. The van der Waals surface area contributed by atoms with E-state index in [9.17, 15) is 14.4 Å². The molecule has 0 radical (unpaired) electrons. The van der Waals surface area contributed by atoms with Crippen molar-refractivity contribution in [3.05, 3.63) is 108 Å². The summed E-state index contributed by atoms with van der Waals surface area (Å²) in [6.45, 7) is 0.973. The predicted molar refractivity (Wildman–Crippen MR) is 135 cm³/mol. The molecule has 0 unspecified atom stereocenters. The van der Waals surface area contributed by atoms with Crippen LogP contribution in [-0.2, 0) is 22.7 Å². The molecule has 8 nitrogen and oxygen atoms in total. The maximum absolute atomic E-state index is 13.8. The smallest absolute Gasteiger partial charge is 0.333 e. The summed E-state index contributed by atoms with van der Waals surface area (Å²) in [5.74, 6) is -0.333. The van der Waals surface area contributed by atoms with E-state index in [2.05, 4.69) is 5.32 Å². The van der Waals surface area contributed by atoms with E-state index in [0.717, 1.165) is 16.7 Å². The highest BCUT2D eigenvalue weighted by Gasteiger charge is 2.51. The minimum Gasteiger partial charge on any atom is -0.333 e. The second kappa shape index (κ2) is 10.2. The third-order valence-corrected chi connectivity index (χ3v) is 6.66. The van der Waals surface area contributed by atoms with Gasteiger partial charge in [0.1, 0.15) is 12.2 Å². The molecular formula is C28H29N5O3. The highest BCUT2D eigenvalue weighted by molar-refractivity contribution is 5.92. The summed E-state index contributed by atoms with van der Waals surface area (Å²) >= 11 is 0. The van der Waals surface area contributed by atoms with Gasteiger partial charge in [0.2, 0.25) is 5.91 Å². The van der Waals surface area contributed by atoms with Gasteiger partial charge in [0.05, 0.1) is 13.1 Å². The fraction of sp³-hybridized carbons (Fsp3) is 0.250. The number of carbonyl (C=O) groups is 3. The van der Waals surface area contributed by atoms with Gasteiger partial charge in [0.25, 0.3) is 5.91 Å². The fourth-order valence-electron chi connectivity index (χ4n) is 4.96. The molecule has 2 atom stereocenters. The van der Waals surface area contributed by atoms with Crippen LogP contribution in [0.1, 0.15) is 22.7 Å². The monoisotopic (exact) mass is 483 g/mol. The molecule has 4 amide bonds. The minimum atomic E-state index is -0.806. The Bertz CT molecular complexity index is 1220. The highest BCUT2D eigenvalue weighted by Crippen LogP contribution is 2.35.